The van der Waals surface area contributed by atoms with E-state index in [0.717, 1.165) is 25.9 Å². The Morgan fingerprint density at radius 2 is 1.57 bits per heavy atom. The van der Waals surface area contributed by atoms with Crippen LogP contribution in [0.5, 0.6) is 28.7 Å². The van der Waals surface area contributed by atoms with Crippen molar-refractivity contribution in [3.05, 3.63) is 25.6 Å². The number of methoxy groups -OCH3 is 2. The minimum atomic E-state index is -1.22. The maximum absolute atomic E-state index is 13.7. The number of fused-ring (bicyclic) bond motifs is 2. The number of hydrogen-bond acceptors (Lipinski definition) is 9. The molecule has 3 aliphatic rings. The van der Waals surface area contributed by atoms with Gasteiger partial charge in [0.05, 0.1) is 40.9 Å². The topological polar surface area (TPSA) is 113 Å². The summed E-state index contributed by atoms with van der Waals surface area (Å²) in [5.41, 5.74) is 1.06. The first-order chi connectivity index (χ1) is 17.9. The predicted octanol–water partition coefficient (Wildman–Crippen LogP) is 4.51. The van der Waals surface area contributed by atoms with Gasteiger partial charge < -0.3 is 33.5 Å². The van der Waals surface area contributed by atoms with Crippen LogP contribution in [0.3, 0.4) is 0 Å². The number of likely N-dealkylation sites (tertiary alicyclic amines) is 1. The molecule has 0 bridgehead atoms. The molecule has 12 heteroatoms. The molecule has 1 saturated heterocycles. The number of carbonyl (C=O) groups is 2. The van der Waals surface area contributed by atoms with E-state index in [-0.39, 0.29) is 67.6 Å². The SMILES string of the molecule is COc1c(Br)c(C(=O)O)c(-c2c3c(c(OC)c(Br)c2C(=O)OCCN2CCCC2)OCO3)c2c1OCC2. The molecule has 0 saturated carbocycles. The van der Waals surface area contributed by atoms with Gasteiger partial charge in [0.2, 0.25) is 12.5 Å². The minimum absolute atomic E-state index is 0.0798. The van der Waals surface area contributed by atoms with Gasteiger partial charge in [-0.25, -0.2) is 9.59 Å². The van der Waals surface area contributed by atoms with Crippen LogP contribution in [0.15, 0.2) is 8.95 Å². The number of benzene rings is 2. The summed E-state index contributed by atoms with van der Waals surface area (Å²) in [6, 6.07) is 0. The third-order valence-electron chi connectivity index (χ3n) is 6.68. The molecule has 0 aliphatic carbocycles. The number of nitrogens with zero attached hydrogens (tertiary/aromatic N) is 1. The van der Waals surface area contributed by atoms with Gasteiger partial charge in [-0.2, -0.15) is 0 Å². The van der Waals surface area contributed by atoms with Gasteiger partial charge >= 0.3 is 11.9 Å². The van der Waals surface area contributed by atoms with E-state index in [1.165, 1.54) is 14.2 Å². The highest BCUT2D eigenvalue weighted by Gasteiger charge is 2.40. The summed E-state index contributed by atoms with van der Waals surface area (Å²) in [6.45, 7) is 2.92. The highest BCUT2D eigenvalue weighted by molar-refractivity contribution is 9.11. The zero-order valence-electron chi connectivity index (χ0n) is 20.3. The first-order valence-electron chi connectivity index (χ1n) is 11.8. The van der Waals surface area contributed by atoms with Gasteiger partial charge in [0.25, 0.3) is 0 Å². The van der Waals surface area contributed by atoms with Crippen LogP contribution >= 0.6 is 31.9 Å². The summed E-state index contributed by atoms with van der Waals surface area (Å²) in [5, 5.41) is 10.3. The largest absolute Gasteiger partial charge is 0.492 e. The Bertz CT molecular complexity index is 1270. The molecule has 0 spiro atoms. The zero-order valence-corrected chi connectivity index (χ0v) is 23.5. The van der Waals surface area contributed by atoms with Crippen molar-refractivity contribution < 1.29 is 43.1 Å². The third-order valence-corrected chi connectivity index (χ3v) is 8.19. The first-order valence-corrected chi connectivity index (χ1v) is 13.3. The zero-order chi connectivity index (χ0) is 26.3. The molecule has 1 fully saturated rings. The standard InChI is InChI=1S/C25H25Br2NO9/c1-32-21-17(26)15(24(29)30)13(12-5-9-34-19(12)21)14-16(25(31)35-10-8-28-6-3-4-7-28)18(27)22(33-2)23-20(14)36-11-37-23/h3-11H2,1-2H3,(H,29,30). The van der Waals surface area contributed by atoms with Crippen molar-refractivity contribution in [1.82, 2.24) is 4.90 Å². The van der Waals surface area contributed by atoms with Crippen LogP contribution in [0.1, 0.15) is 39.1 Å². The number of halogens is 2. The molecule has 37 heavy (non-hydrogen) atoms. The third kappa shape index (κ3) is 4.38. The van der Waals surface area contributed by atoms with Crippen LogP contribution in [-0.2, 0) is 11.2 Å². The summed E-state index contributed by atoms with van der Waals surface area (Å²) in [5.74, 6) is -0.488. The highest BCUT2D eigenvalue weighted by atomic mass is 79.9. The van der Waals surface area contributed by atoms with Crippen molar-refractivity contribution in [3.63, 3.8) is 0 Å². The lowest BCUT2D eigenvalue weighted by Gasteiger charge is -2.22. The molecule has 10 nitrogen and oxygen atoms in total. The Kier molecular flexibility index (Phi) is 7.42. The van der Waals surface area contributed by atoms with Crippen LogP contribution in [0.25, 0.3) is 11.1 Å². The molecular formula is C25H25Br2NO9. The normalized spacial score (nSPS) is 15.9. The Balaban J connectivity index is 1.73. The van der Waals surface area contributed by atoms with Crippen LogP contribution in [-0.4, -0.2) is 75.8 Å². The molecule has 0 radical (unpaired) electrons. The van der Waals surface area contributed by atoms with Gasteiger partial charge in [-0.1, -0.05) is 0 Å². The van der Waals surface area contributed by atoms with Crippen molar-refractivity contribution in [2.45, 2.75) is 19.3 Å². The Hall–Kier alpha value is -2.70. The summed E-state index contributed by atoms with van der Waals surface area (Å²) < 4.78 is 34.6. The molecule has 3 aliphatic heterocycles. The second-order valence-corrected chi connectivity index (χ2v) is 10.2. The predicted molar refractivity (Wildman–Crippen MR) is 139 cm³/mol. The quantitative estimate of drug-likeness (QED) is 0.413. The Morgan fingerprint density at radius 1 is 0.919 bits per heavy atom. The summed E-state index contributed by atoms with van der Waals surface area (Å²) in [4.78, 5) is 28.5. The summed E-state index contributed by atoms with van der Waals surface area (Å²) in [7, 11) is 2.89. The van der Waals surface area contributed by atoms with Crippen LogP contribution < -0.4 is 23.7 Å². The fourth-order valence-electron chi connectivity index (χ4n) is 5.06. The molecule has 2 aromatic carbocycles. The van der Waals surface area contributed by atoms with Crippen LogP contribution in [0.2, 0.25) is 0 Å². The second kappa shape index (κ2) is 10.6. The smallest absolute Gasteiger partial charge is 0.340 e. The number of aromatic carboxylic acids is 1. The first kappa shape index (κ1) is 25.9. The van der Waals surface area contributed by atoms with Gasteiger partial charge in [0, 0.05) is 29.7 Å². The number of esters is 1. The van der Waals surface area contributed by atoms with E-state index in [4.69, 9.17) is 28.4 Å². The van der Waals surface area contributed by atoms with E-state index in [2.05, 4.69) is 36.8 Å². The summed E-state index contributed by atoms with van der Waals surface area (Å²) >= 11 is 6.90. The van der Waals surface area contributed by atoms with E-state index in [1.54, 1.807) is 0 Å². The lowest BCUT2D eigenvalue weighted by molar-refractivity contribution is 0.0470. The van der Waals surface area contributed by atoms with E-state index >= 15 is 0 Å². The van der Waals surface area contributed by atoms with Crippen molar-refractivity contribution in [1.29, 1.82) is 0 Å². The highest BCUT2D eigenvalue weighted by Crippen LogP contribution is 2.58. The molecule has 5 rings (SSSR count). The fraction of sp³-hybridized carbons (Fsp3) is 0.440. The van der Waals surface area contributed by atoms with Gasteiger partial charge in [-0.05, 0) is 57.8 Å². The average Bonchev–Trinajstić information content (AvgIpc) is 3.64. The molecule has 3 heterocycles. The lowest BCUT2D eigenvalue weighted by Crippen LogP contribution is -2.25. The van der Waals surface area contributed by atoms with Crippen molar-refractivity contribution in [3.8, 4) is 39.9 Å². The molecule has 2 aromatic rings. The monoisotopic (exact) mass is 641 g/mol. The molecule has 0 atom stereocenters. The van der Waals surface area contributed by atoms with Gasteiger partial charge in [0.15, 0.2) is 23.0 Å². The molecule has 0 aromatic heterocycles. The summed E-state index contributed by atoms with van der Waals surface area (Å²) in [6.07, 6.45) is 2.65. The number of carboxylic acids is 1. The van der Waals surface area contributed by atoms with Gasteiger partial charge in [0.1, 0.15) is 6.61 Å². The van der Waals surface area contributed by atoms with Gasteiger partial charge in [-0.15, -0.1) is 0 Å². The van der Waals surface area contributed by atoms with E-state index < -0.39 is 11.9 Å². The molecule has 198 valence electrons. The number of ether oxygens (including phenoxy) is 6. The van der Waals surface area contributed by atoms with Crippen molar-refractivity contribution in [2.75, 3.05) is 53.9 Å². The molecular weight excluding hydrogens is 618 g/mol. The van der Waals surface area contributed by atoms with Crippen LogP contribution in [0, 0.1) is 0 Å². The number of carbonyl (C=O) groups excluding carboxylic acids is 1. The second-order valence-electron chi connectivity index (χ2n) is 8.66. The van der Waals surface area contributed by atoms with Crippen LogP contribution in [0.4, 0.5) is 0 Å². The van der Waals surface area contributed by atoms with Crippen molar-refractivity contribution in [2.24, 2.45) is 0 Å². The molecule has 0 amide bonds. The number of carboxylic acid groups (broad SMARTS) is 1. The van der Waals surface area contributed by atoms with Gasteiger partial charge in [-0.3, -0.25) is 4.90 Å². The fourth-order valence-corrected chi connectivity index (χ4v) is 6.47. The number of rotatable bonds is 8. The molecule has 0 unspecified atom stereocenters. The maximum Gasteiger partial charge on any atom is 0.340 e. The van der Waals surface area contributed by atoms with E-state index in [0.29, 0.717) is 30.9 Å². The van der Waals surface area contributed by atoms with E-state index in [1.807, 2.05) is 0 Å². The molecule has 1 N–H and O–H groups in total. The van der Waals surface area contributed by atoms with E-state index in [9.17, 15) is 14.7 Å². The lowest BCUT2D eigenvalue weighted by atomic mass is 9.88. The maximum atomic E-state index is 13.7. The minimum Gasteiger partial charge on any atom is -0.492 e. The Morgan fingerprint density at radius 3 is 2.24 bits per heavy atom. The number of hydrogen-bond donors (Lipinski definition) is 1. The Labute approximate surface area is 230 Å². The average molecular weight is 643 g/mol. The van der Waals surface area contributed by atoms with Crippen molar-refractivity contribution >= 4 is 43.8 Å².